The summed E-state index contributed by atoms with van der Waals surface area (Å²) < 4.78 is 33.0. The number of sulfonamides is 1. The molecule has 2 saturated heterocycles. The fourth-order valence-corrected chi connectivity index (χ4v) is 6.27. The third-order valence-corrected chi connectivity index (χ3v) is 8.95. The molecule has 188 valence electrons. The Bertz CT molecular complexity index is 1210. The first-order valence-corrected chi connectivity index (χ1v) is 13.5. The second-order valence-electron chi connectivity index (χ2n) is 9.26. The second-order valence-corrected chi connectivity index (χ2v) is 11.2. The molecule has 2 heterocycles. The van der Waals surface area contributed by atoms with Gasteiger partial charge < -0.3 is 15.0 Å². The fourth-order valence-electron chi connectivity index (χ4n) is 4.61. The number of carbonyl (C=O) groups is 2. The van der Waals surface area contributed by atoms with E-state index in [0.717, 1.165) is 17.7 Å². The Labute approximate surface area is 207 Å². The van der Waals surface area contributed by atoms with E-state index in [1.54, 1.807) is 24.0 Å². The Morgan fingerprint density at radius 2 is 1.89 bits per heavy atom. The van der Waals surface area contributed by atoms with Crippen LogP contribution in [0.4, 0.5) is 11.4 Å². The van der Waals surface area contributed by atoms with Crippen molar-refractivity contribution >= 4 is 33.2 Å². The Hall–Kier alpha value is -2.75. The maximum atomic E-state index is 13.2. The number of anilines is 2. The van der Waals surface area contributed by atoms with Crippen LogP contribution < -0.4 is 10.2 Å². The number of hydrogen-bond donors (Lipinski definition) is 1. The van der Waals surface area contributed by atoms with Crippen LogP contribution in [0.25, 0.3) is 0 Å². The van der Waals surface area contributed by atoms with Crippen molar-refractivity contribution in [2.45, 2.75) is 44.4 Å². The second kappa shape index (κ2) is 10.5. The number of hydrogen-bond acceptors (Lipinski definition) is 5. The number of morpholine rings is 1. The highest BCUT2D eigenvalue weighted by Gasteiger charge is 2.36. The molecule has 0 unspecified atom stereocenters. The monoisotopic (exact) mass is 499 g/mol. The third-order valence-electron chi connectivity index (χ3n) is 6.91. The van der Waals surface area contributed by atoms with Crippen molar-refractivity contribution in [2.75, 3.05) is 43.1 Å². The predicted octanol–water partition coefficient (Wildman–Crippen LogP) is 3.52. The van der Waals surface area contributed by atoms with E-state index < -0.39 is 15.9 Å². The third kappa shape index (κ3) is 5.27. The van der Waals surface area contributed by atoms with E-state index in [1.807, 2.05) is 24.3 Å². The highest BCUT2D eigenvalue weighted by molar-refractivity contribution is 7.89. The molecule has 4 rings (SSSR count). The number of rotatable bonds is 7. The Morgan fingerprint density at radius 3 is 2.60 bits per heavy atom. The molecule has 0 saturated carbocycles. The lowest BCUT2D eigenvalue weighted by molar-refractivity contribution is -0.122. The number of nitrogens with one attached hydrogen (secondary N) is 1. The molecule has 2 aromatic carbocycles. The van der Waals surface area contributed by atoms with Gasteiger partial charge in [0.1, 0.15) is 0 Å². The number of nitrogens with zero attached hydrogens (tertiary/aromatic N) is 2. The maximum Gasteiger partial charge on any atom is 0.243 e. The highest BCUT2D eigenvalue weighted by Crippen LogP contribution is 2.34. The van der Waals surface area contributed by atoms with Crippen molar-refractivity contribution in [1.29, 1.82) is 0 Å². The topological polar surface area (TPSA) is 96.0 Å². The zero-order chi connectivity index (χ0) is 25.2. The van der Waals surface area contributed by atoms with Crippen LogP contribution in [0.15, 0.2) is 47.4 Å². The van der Waals surface area contributed by atoms with E-state index in [9.17, 15) is 18.0 Å². The average Bonchev–Trinajstić information content (AvgIpc) is 3.26. The summed E-state index contributed by atoms with van der Waals surface area (Å²) in [6.45, 7) is 7.60. The Balaban J connectivity index is 1.50. The molecule has 2 amide bonds. The van der Waals surface area contributed by atoms with Gasteiger partial charge in [-0.3, -0.25) is 9.59 Å². The normalized spacial score (nSPS) is 20.1. The molecule has 1 N–H and O–H groups in total. The Kier molecular flexibility index (Phi) is 7.59. The van der Waals surface area contributed by atoms with Gasteiger partial charge in [-0.05, 0) is 48.6 Å². The van der Waals surface area contributed by atoms with E-state index in [1.165, 1.54) is 10.4 Å². The molecule has 2 atom stereocenters. The summed E-state index contributed by atoms with van der Waals surface area (Å²) in [4.78, 5) is 27.8. The van der Waals surface area contributed by atoms with Gasteiger partial charge in [0.05, 0.1) is 24.0 Å². The molecule has 35 heavy (non-hydrogen) atoms. The van der Waals surface area contributed by atoms with Crippen molar-refractivity contribution in [1.82, 2.24) is 4.31 Å². The van der Waals surface area contributed by atoms with Gasteiger partial charge in [-0.2, -0.15) is 4.31 Å². The van der Waals surface area contributed by atoms with Gasteiger partial charge >= 0.3 is 0 Å². The van der Waals surface area contributed by atoms with Crippen LogP contribution in [0.5, 0.6) is 0 Å². The van der Waals surface area contributed by atoms with Gasteiger partial charge in [-0.15, -0.1) is 0 Å². The van der Waals surface area contributed by atoms with Crippen LogP contribution in [0.1, 0.15) is 43.7 Å². The molecule has 0 aliphatic carbocycles. The smallest absolute Gasteiger partial charge is 0.243 e. The SMILES string of the molecule is CC[C@H](C)c1ccccc1N1C[C@H](C(=O)Nc2ccc(C)c(S(=O)(=O)N3CCOCC3)c2)CC1=O. The molecule has 0 aromatic heterocycles. The lowest BCUT2D eigenvalue weighted by atomic mass is 9.96. The minimum Gasteiger partial charge on any atom is -0.379 e. The number of ether oxygens (including phenoxy) is 1. The van der Waals surface area contributed by atoms with Crippen molar-refractivity contribution in [2.24, 2.45) is 5.92 Å². The highest BCUT2D eigenvalue weighted by atomic mass is 32.2. The first-order valence-electron chi connectivity index (χ1n) is 12.1. The zero-order valence-corrected chi connectivity index (χ0v) is 21.3. The van der Waals surface area contributed by atoms with E-state index in [2.05, 4.69) is 19.2 Å². The molecule has 2 aromatic rings. The van der Waals surface area contributed by atoms with Crippen LogP contribution in [0.2, 0.25) is 0 Å². The van der Waals surface area contributed by atoms with Crippen molar-refractivity contribution < 1.29 is 22.7 Å². The van der Waals surface area contributed by atoms with Gasteiger partial charge in [0, 0.05) is 37.4 Å². The van der Waals surface area contributed by atoms with Crippen LogP contribution in [0.3, 0.4) is 0 Å². The molecular weight excluding hydrogens is 466 g/mol. The van der Waals surface area contributed by atoms with Gasteiger partial charge in [0.15, 0.2) is 0 Å². The quantitative estimate of drug-likeness (QED) is 0.629. The van der Waals surface area contributed by atoms with Crippen molar-refractivity contribution in [3.05, 3.63) is 53.6 Å². The minimum absolute atomic E-state index is 0.0830. The predicted molar refractivity (Wildman–Crippen MR) is 135 cm³/mol. The molecule has 2 aliphatic rings. The van der Waals surface area contributed by atoms with Gasteiger partial charge in [-0.1, -0.05) is 38.1 Å². The number of benzene rings is 2. The first-order chi connectivity index (χ1) is 16.7. The summed E-state index contributed by atoms with van der Waals surface area (Å²) in [5.41, 5.74) is 2.97. The lowest BCUT2D eigenvalue weighted by Crippen LogP contribution is -2.40. The average molecular weight is 500 g/mol. The molecule has 0 radical (unpaired) electrons. The molecule has 0 spiro atoms. The Morgan fingerprint density at radius 1 is 1.17 bits per heavy atom. The summed E-state index contributed by atoms with van der Waals surface area (Å²) >= 11 is 0. The molecule has 2 fully saturated rings. The zero-order valence-electron chi connectivity index (χ0n) is 20.5. The van der Waals surface area contributed by atoms with Crippen LogP contribution in [-0.2, 0) is 24.3 Å². The molecule has 8 nitrogen and oxygen atoms in total. The van der Waals surface area contributed by atoms with Gasteiger partial charge in [0.25, 0.3) is 0 Å². The maximum absolute atomic E-state index is 13.2. The van der Waals surface area contributed by atoms with Crippen LogP contribution >= 0.6 is 0 Å². The largest absolute Gasteiger partial charge is 0.379 e. The van der Waals surface area contributed by atoms with Crippen molar-refractivity contribution in [3.8, 4) is 0 Å². The molecule has 9 heteroatoms. The number of para-hydroxylation sites is 1. The summed E-state index contributed by atoms with van der Waals surface area (Å²) in [7, 11) is -3.70. The van der Waals surface area contributed by atoms with Crippen molar-refractivity contribution in [3.63, 3.8) is 0 Å². The van der Waals surface area contributed by atoms with E-state index >= 15 is 0 Å². The van der Waals surface area contributed by atoms with Crippen LogP contribution in [-0.4, -0.2) is 57.4 Å². The van der Waals surface area contributed by atoms with Gasteiger partial charge in [-0.25, -0.2) is 8.42 Å². The lowest BCUT2D eigenvalue weighted by Gasteiger charge is -2.27. The summed E-state index contributed by atoms with van der Waals surface area (Å²) in [5.74, 6) is -0.597. The first kappa shape index (κ1) is 25.3. The fraction of sp³-hybridized carbons (Fsp3) is 0.462. The van der Waals surface area contributed by atoms with Gasteiger partial charge in [0.2, 0.25) is 21.8 Å². The number of carbonyl (C=O) groups excluding carboxylic acids is 2. The van der Waals surface area contributed by atoms with E-state index in [-0.39, 0.29) is 23.1 Å². The van der Waals surface area contributed by atoms with E-state index in [4.69, 9.17) is 4.74 Å². The van der Waals surface area contributed by atoms with E-state index in [0.29, 0.717) is 50.0 Å². The molecule has 2 aliphatic heterocycles. The molecule has 0 bridgehead atoms. The minimum atomic E-state index is -3.70. The van der Waals surface area contributed by atoms with Crippen LogP contribution in [0, 0.1) is 12.8 Å². The number of aryl methyl sites for hydroxylation is 1. The summed E-state index contributed by atoms with van der Waals surface area (Å²) in [5, 5.41) is 2.84. The standard InChI is InChI=1S/C26H33N3O5S/c1-4-18(2)22-7-5-6-8-23(22)29-17-20(15-25(29)30)26(31)27-21-10-9-19(3)24(16-21)35(32,33)28-11-13-34-14-12-28/h5-10,16,18,20H,4,11-15,17H2,1-3H3,(H,27,31)/t18-,20+/m0/s1. The number of amides is 2. The summed E-state index contributed by atoms with van der Waals surface area (Å²) in [6, 6.07) is 12.7. The molecular formula is C26H33N3O5S. The summed E-state index contributed by atoms with van der Waals surface area (Å²) in [6.07, 6.45) is 1.07.